The predicted molar refractivity (Wildman–Crippen MR) is 120 cm³/mol. The van der Waals surface area contributed by atoms with Crippen LogP contribution in [0.5, 0.6) is 5.75 Å². The lowest BCUT2D eigenvalue weighted by Crippen LogP contribution is -2.43. The molecule has 0 spiro atoms. The summed E-state index contributed by atoms with van der Waals surface area (Å²) in [6.45, 7) is 12.2. The lowest BCUT2D eigenvalue weighted by molar-refractivity contribution is 0.0470. The van der Waals surface area contributed by atoms with Crippen LogP contribution in [-0.4, -0.2) is 28.5 Å². The van der Waals surface area contributed by atoms with Gasteiger partial charge in [-0.25, -0.2) is 4.79 Å². The number of ether oxygens (including phenoxy) is 2. The Balaban J connectivity index is 1.87. The third-order valence-corrected chi connectivity index (χ3v) is 4.76. The van der Waals surface area contributed by atoms with Crippen molar-refractivity contribution < 1.29 is 14.3 Å². The fraction of sp³-hybridized carbons (Fsp3) is 0.417. The van der Waals surface area contributed by atoms with Gasteiger partial charge in [0.15, 0.2) is 0 Å². The van der Waals surface area contributed by atoms with Gasteiger partial charge in [0.05, 0.1) is 29.2 Å². The minimum Gasteiger partial charge on any atom is -0.492 e. The third kappa shape index (κ3) is 4.93. The van der Waals surface area contributed by atoms with Crippen LogP contribution < -0.4 is 10.1 Å². The van der Waals surface area contributed by atoms with Gasteiger partial charge in [-0.05, 0) is 64.3 Å². The number of alkyl carbamates (subject to hydrolysis) is 1. The minimum atomic E-state index is -0.573. The number of hydrogen-bond donors (Lipinski definition) is 2. The van der Waals surface area contributed by atoms with Gasteiger partial charge in [0.1, 0.15) is 11.4 Å². The maximum Gasteiger partial charge on any atom is 0.408 e. The highest BCUT2D eigenvalue weighted by Crippen LogP contribution is 2.37. The molecule has 0 aliphatic rings. The van der Waals surface area contributed by atoms with Gasteiger partial charge >= 0.3 is 6.09 Å². The quantitative estimate of drug-likeness (QED) is 0.541. The summed E-state index contributed by atoms with van der Waals surface area (Å²) >= 11 is 0. The second kappa shape index (κ2) is 8.38. The van der Waals surface area contributed by atoms with E-state index < -0.39 is 17.2 Å². The number of nitrogens with zero attached hydrogens (tertiary/aromatic N) is 1. The van der Waals surface area contributed by atoms with Crippen LogP contribution in [-0.2, 0) is 10.3 Å². The van der Waals surface area contributed by atoms with E-state index in [4.69, 9.17) is 9.47 Å². The van der Waals surface area contributed by atoms with Gasteiger partial charge in [0, 0.05) is 5.56 Å². The van der Waals surface area contributed by atoms with Crippen molar-refractivity contribution in [2.75, 3.05) is 6.61 Å². The molecule has 1 amide bonds. The predicted octanol–water partition coefficient (Wildman–Crippen LogP) is 5.78. The monoisotopic (exact) mass is 409 g/mol. The number of hydrogen-bond acceptors (Lipinski definition) is 4. The fourth-order valence-corrected chi connectivity index (χ4v) is 3.28. The maximum atomic E-state index is 12.2. The molecule has 0 saturated carbocycles. The van der Waals surface area contributed by atoms with Gasteiger partial charge in [-0.3, -0.25) is 5.10 Å². The van der Waals surface area contributed by atoms with Crippen molar-refractivity contribution in [2.45, 2.75) is 59.1 Å². The average Bonchev–Trinajstić information content (AvgIpc) is 3.13. The van der Waals surface area contributed by atoms with Gasteiger partial charge < -0.3 is 14.8 Å². The third-order valence-electron chi connectivity index (χ3n) is 4.76. The summed E-state index contributed by atoms with van der Waals surface area (Å²) in [5.74, 6) is 0.835. The molecule has 0 fully saturated rings. The van der Waals surface area contributed by atoms with E-state index in [1.165, 1.54) is 0 Å². The van der Waals surface area contributed by atoms with Gasteiger partial charge in [-0.2, -0.15) is 5.10 Å². The van der Waals surface area contributed by atoms with Gasteiger partial charge in [-0.1, -0.05) is 31.2 Å². The van der Waals surface area contributed by atoms with Crippen LogP contribution in [0.3, 0.4) is 0 Å². The summed E-state index contributed by atoms with van der Waals surface area (Å²) in [6.07, 6.45) is 2.29. The number of benzene rings is 2. The highest BCUT2D eigenvalue weighted by atomic mass is 16.6. The normalized spacial score (nSPS) is 12.1. The first-order chi connectivity index (χ1) is 14.1. The Hall–Kier alpha value is -3.02. The lowest BCUT2D eigenvalue weighted by Gasteiger charge is -2.29. The Labute approximate surface area is 178 Å². The number of aromatic nitrogens is 2. The summed E-state index contributed by atoms with van der Waals surface area (Å²) in [5, 5.41) is 11.1. The summed E-state index contributed by atoms with van der Waals surface area (Å²) in [5.41, 5.74) is 2.88. The molecule has 1 aromatic heterocycles. The molecule has 0 radical (unpaired) electrons. The first kappa shape index (κ1) is 21.7. The molecule has 0 aliphatic carbocycles. The molecule has 1 heterocycles. The molecule has 0 aliphatic heterocycles. The molecule has 6 nitrogen and oxygen atoms in total. The summed E-state index contributed by atoms with van der Waals surface area (Å²) < 4.78 is 11.5. The van der Waals surface area contributed by atoms with Gasteiger partial charge in [0.2, 0.25) is 0 Å². The van der Waals surface area contributed by atoms with Crippen molar-refractivity contribution in [2.24, 2.45) is 0 Å². The number of carbonyl (C=O) groups is 1. The van der Waals surface area contributed by atoms with Crippen molar-refractivity contribution in [1.29, 1.82) is 0 Å². The van der Waals surface area contributed by atoms with Gasteiger partial charge in [-0.15, -0.1) is 0 Å². The molecule has 0 atom stereocenters. The number of nitrogens with one attached hydrogen (secondary N) is 2. The van der Waals surface area contributed by atoms with Crippen molar-refractivity contribution >= 4 is 17.0 Å². The van der Waals surface area contributed by atoms with Crippen molar-refractivity contribution in [1.82, 2.24) is 15.5 Å². The van der Waals surface area contributed by atoms with Crippen LogP contribution in [0.2, 0.25) is 0 Å². The molecule has 0 unspecified atom stereocenters. The minimum absolute atomic E-state index is 0.433. The second-order valence-corrected chi connectivity index (χ2v) is 8.95. The van der Waals surface area contributed by atoms with E-state index in [1.807, 2.05) is 71.0 Å². The number of amides is 1. The van der Waals surface area contributed by atoms with Crippen LogP contribution in [0.15, 0.2) is 42.6 Å². The Bertz CT molecular complexity index is 1010. The molecule has 2 aromatic carbocycles. The van der Waals surface area contributed by atoms with Crippen LogP contribution in [0.1, 0.15) is 53.5 Å². The molecular weight excluding hydrogens is 378 g/mol. The number of carbonyl (C=O) groups excluding carboxylic acids is 1. The molecule has 6 heteroatoms. The number of H-pyrrole nitrogens is 1. The molecular formula is C24H31N3O3. The first-order valence-electron chi connectivity index (χ1n) is 10.3. The van der Waals surface area contributed by atoms with E-state index in [1.54, 1.807) is 6.20 Å². The van der Waals surface area contributed by atoms with E-state index in [0.717, 1.165) is 39.8 Å². The van der Waals surface area contributed by atoms with Crippen LogP contribution in [0.25, 0.3) is 22.0 Å². The number of rotatable bonds is 6. The van der Waals surface area contributed by atoms with E-state index in [0.29, 0.717) is 6.61 Å². The molecule has 0 saturated heterocycles. The molecule has 160 valence electrons. The standard InChI is InChI=1S/C24H31N3O3/c1-7-14-29-21-18(12-13-20-19(21)15-25-27-20)16-8-10-17(11-9-16)24(5,6)26-22(28)30-23(2,3)4/h8-13,15H,7,14H2,1-6H3,(H,25,27)(H,26,28). The van der Waals surface area contributed by atoms with Crippen LogP contribution in [0.4, 0.5) is 4.79 Å². The first-order valence-corrected chi connectivity index (χ1v) is 10.3. The Morgan fingerprint density at radius 1 is 1.07 bits per heavy atom. The number of aromatic amines is 1. The zero-order valence-electron chi connectivity index (χ0n) is 18.6. The van der Waals surface area contributed by atoms with Crippen molar-refractivity contribution in [3.05, 3.63) is 48.2 Å². The summed E-state index contributed by atoms with van der Waals surface area (Å²) in [7, 11) is 0. The van der Waals surface area contributed by atoms with Gasteiger partial charge in [0.25, 0.3) is 0 Å². The summed E-state index contributed by atoms with van der Waals surface area (Å²) in [4.78, 5) is 12.2. The molecule has 2 N–H and O–H groups in total. The topological polar surface area (TPSA) is 76.2 Å². The van der Waals surface area contributed by atoms with E-state index in [2.05, 4.69) is 22.4 Å². The van der Waals surface area contributed by atoms with E-state index in [9.17, 15) is 4.79 Å². The summed E-state index contributed by atoms with van der Waals surface area (Å²) in [6, 6.07) is 12.2. The average molecular weight is 410 g/mol. The Morgan fingerprint density at radius 3 is 2.40 bits per heavy atom. The molecule has 0 bridgehead atoms. The Morgan fingerprint density at radius 2 is 1.77 bits per heavy atom. The zero-order chi connectivity index (χ0) is 21.9. The largest absolute Gasteiger partial charge is 0.492 e. The highest BCUT2D eigenvalue weighted by Gasteiger charge is 2.26. The lowest BCUT2D eigenvalue weighted by atomic mass is 9.92. The molecule has 3 rings (SSSR count). The highest BCUT2D eigenvalue weighted by molar-refractivity contribution is 5.92. The van der Waals surface area contributed by atoms with E-state index >= 15 is 0 Å². The van der Waals surface area contributed by atoms with Crippen LogP contribution in [0, 0.1) is 0 Å². The molecule has 3 aromatic rings. The maximum absolute atomic E-state index is 12.2. The van der Waals surface area contributed by atoms with Crippen LogP contribution >= 0.6 is 0 Å². The molecule has 30 heavy (non-hydrogen) atoms. The van der Waals surface area contributed by atoms with Crippen molar-refractivity contribution in [3.8, 4) is 16.9 Å². The van der Waals surface area contributed by atoms with E-state index in [-0.39, 0.29) is 0 Å². The fourth-order valence-electron chi connectivity index (χ4n) is 3.28. The zero-order valence-corrected chi connectivity index (χ0v) is 18.6. The Kier molecular flexibility index (Phi) is 6.06. The van der Waals surface area contributed by atoms with Crippen molar-refractivity contribution in [3.63, 3.8) is 0 Å². The smallest absolute Gasteiger partial charge is 0.408 e. The SMILES string of the molecule is CCCOc1c(-c2ccc(C(C)(C)NC(=O)OC(C)(C)C)cc2)ccc2[nH]ncc12. The second-order valence-electron chi connectivity index (χ2n) is 8.95. The number of fused-ring (bicyclic) bond motifs is 1.